The van der Waals surface area contributed by atoms with Crippen LogP contribution in [0.15, 0.2) is 59.5 Å². The molecule has 2 aromatic carbocycles. The minimum Gasteiger partial charge on any atom is -0.495 e. The van der Waals surface area contributed by atoms with Gasteiger partial charge in [0.1, 0.15) is 10.6 Å². The number of nitrogens with zero attached hydrogens (tertiary/aromatic N) is 3. The zero-order chi connectivity index (χ0) is 25.0. The lowest BCUT2D eigenvalue weighted by Gasteiger charge is -2.26. The Labute approximate surface area is 205 Å². The number of methoxy groups -OCH3 is 1. The molecular formula is C25H28N4O5S. The maximum atomic E-state index is 13.2. The van der Waals surface area contributed by atoms with Crippen LogP contribution in [0.2, 0.25) is 0 Å². The minimum absolute atomic E-state index is 0.0558. The highest BCUT2D eigenvalue weighted by Gasteiger charge is 2.29. The van der Waals surface area contributed by atoms with E-state index in [1.165, 1.54) is 23.6 Å². The first-order valence-corrected chi connectivity index (χ1v) is 12.6. The summed E-state index contributed by atoms with van der Waals surface area (Å²) in [6.07, 6.45) is 2.94. The highest BCUT2D eigenvalue weighted by molar-refractivity contribution is 7.89. The maximum Gasteiger partial charge on any atom is 0.248 e. The van der Waals surface area contributed by atoms with Crippen molar-refractivity contribution in [3.8, 4) is 11.4 Å². The Hall–Kier alpha value is -3.47. The van der Waals surface area contributed by atoms with E-state index < -0.39 is 10.0 Å². The molecule has 3 aromatic rings. The Morgan fingerprint density at radius 3 is 2.51 bits per heavy atom. The van der Waals surface area contributed by atoms with E-state index in [4.69, 9.17) is 9.47 Å². The molecule has 0 atom stereocenters. The summed E-state index contributed by atoms with van der Waals surface area (Å²) in [4.78, 5) is 12.7. The van der Waals surface area contributed by atoms with Gasteiger partial charge in [0.25, 0.3) is 0 Å². The van der Waals surface area contributed by atoms with Crippen molar-refractivity contribution in [1.82, 2.24) is 14.1 Å². The number of hydrogen-bond acceptors (Lipinski definition) is 6. The van der Waals surface area contributed by atoms with Gasteiger partial charge in [-0.05, 0) is 49.8 Å². The van der Waals surface area contributed by atoms with Crippen LogP contribution in [0.3, 0.4) is 0 Å². The van der Waals surface area contributed by atoms with E-state index in [1.54, 1.807) is 22.9 Å². The molecule has 2 heterocycles. The van der Waals surface area contributed by atoms with E-state index in [0.717, 1.165) is 11.4 Å². The zero-order valence-electron chi connectivity index (χ0n) is 19.9. The van der Waals surface area contributed by atoms with Crippen LogP contribution in [0.5, 0.6) is 5.75 Å². The largest absolute Gasteiger partial charge is 0.495 e. The monoisotopic (exact) mass is 496 g/mol. The molecule has 4 rings (SSSR count). The molecule has 1 amide bonds. The third-order valence-electron chi connectivity index (χ3n) is 5.74. The van der Waals surface area contributed by atoms with Gasteiger partial charge in [-0.25, -0.2) is 13.1 Å². The molecule has 0 spiro atoms. The van der Waals surface area contributed by atoms with Gasteiger partial charge in [0, 0.05) is 19.2 Å². The minimum atomic E-state index is -3.77. The number of ether oxygens (including phenoxy) is 2. The van der Waals surface area contributed by atoms with Gasteiger partial charge in [-0.2, -0.15) is 9.40 Å². The number of rotatable bonds is 7. The van der Waals surface area contributed by atoms with Crippen molar-refractivity contribution in [1.29, 1.82) is 0 Å². The number of para-hydroxylation sites is 1. The first kappa shape index (κ1) is 24.6. The number of aromatic nitrogens is 2. The van der Waals surface area contributed by atoms with E-state index >= 15 is 0 Å². The summed E-state index contributed by atoms with van der Waals surface area (Å²) in [5.41, 5.74) is 3.58. The lowest BCUT2D eigenvalue weighted by atomic mass is 10.2. The molecule has 1 aliphatic rings. The first-order valence-electron chi connectivity index (χ1n) is 11.2. The van der Waals surface area contributed by atoms with Crippen molar-refractivity contribution in [3.63, 3.8) is 0 Å². The highest BCUT2D eigenvalue weighted by Crippen LogP contribution is 2.29. The molecule has 184 valence electrons. The normalized spacial score (nSPS) is 14.8. The van der Waals surface area contributed by atoms with E-state index in [1.807, 2.05) is 44.2 Å². The number of sulfonamides is 1. The van der Waals surface area contributed by atoms with Gasteiger partial charge in [-0.15, -0.1) is 0 Å². The molecule has 1 N–H and O–H groups in total. The SMILES string of the molecule is COc1ccc(C=CC(=O)Nc2c(C)nn(-c3ccccc3)c2C)cc1S(=O)(=O)N1CCOCC1. The van der Waals surface area contributed by atoms with Gasteiger partial charge in [0.2, 0.25) is 15.9 Å². The summed E-state index contributed by atoms with van der Waals surface area (Å²) in [5.74, 6) is -0.102. The molecule has 10 heteroatoms. The number of morpholine rings is 1. The molecule has 1 fully saturated rings. The summed E-state index contributed by atoms with van der Waals surface area (Å²) in [7, 11) is -2.34. The Bertz CT molecular complexity index is 1340. The molecule has 1 saturated heterocycles. The van der Waals surface area contributed by atoms with Crippen molar-refractivity contribution in [2.75, 3.05) is 38.7 Å². The molecule has 1 aliphatic heterocycles. The van der Waals surface area contributed by atoms with Crippen LogP contribution in [0.25, 0.3) is 11.8 Å². The van der Waals surface area contributed by atoms with Crippen LogP contribution < -0.4 is 10.1 Å². The molecule has 9 nitrogen and oxygen atoms in total. The van der Waals surface area contributed by atoms with Crippen molar-refractivity contribution in [3.05, 3.63) is 71.6 Å². The van der Waals surface area contributed by atoms with Crippen molar-refractivity contribution >= 4 is 27.7 Å². The van der Waals surface area contributed by atoms with Crippen LogP contribution >= 0.6 is 0 Å². The van der Waals surface area contributed by atoms with Crippen molar-refractivity contribution in [2.45, 2.75) is 18.7 Å². The number of benzene rings is 2. The molecule has 1 aromatic heterocycles. The first-order chi connectivity index (χ1) is 16.8. The molecule has 0 radical (unpaired) electrons. The average Bonchev–Trinajstić information content (AvgIpc) is 3.16. The van der Waals surface area contributed by atoms with E-state index in [9.17, 15) is 13.2 Å². The quantitative estimate of drug-likeness (QED) is 0.504. The standard InChI is InChI=1S/C25H28N4O5S/c1-18-25(19(2)29(27-18)21-7-5-4-6-8-21)26-24(30)12-10-20-9-11-22(33-3)23(17-20)35(31,32)28-13-15-34-16-14-28/h4-12,17H,13-16H2,1-3H3,(H,26,30). The van der Waals surface area contributed by atoms with Gasteiger partial charge < -0.3 is 14.8 Å². The summed E-state index contributed by atoms with van der Waals surface area (Å²) >= 11 is 0. The zero-order valence-corrected chi connectivity index (χ0v) is 20.7. The van der Waals surface area contributed by atoms with Gasteiger partial charge in [0.05, 0.1) is 43.1 Å². The Balaban J connectivity index is 1.54. The Morgan fingerprint density at radius 1 is 1.11 bits per heavy atom. The predicted molar refractivity (Wildman–Crippen MR) is 133 cm³/mol. The van der Waals surface area contributed by atoms with Crippen LogP contribution in [0.1, 0.15) is 17.0 Å². The topological polar surface area (TPSA) is 103 Å². The average molecular weight is 497 g/mol. The fraction of sp³-hybridized carbons (Fsp3) is 0.280. The summed E-state index contributed by atoms with van der Waals surface area (Å²) < 4.78 is 40.1. The van der Waals surface area contributed by atoms with Crippen LogP contribution in [0.4, 0.5) is 5.69 Å². The van der Waals surface area contributed by atoms with Gasteiger partial charge in [0.15, 0.2) is 0 Å². The molecule has 0 aliphatic carbocycles. The molecule has 35 heavy (non-hydrogen) atoms. The van der Waals surface area contributed by atoms with Crippen molar-refractivity contribution < 1.29 is 22.7 Å². The number of hydrogen-bond donors (Lipinski definition) is 1. The number of carbonyl (C=O) groups excluding carboxylic acids is 1. The predicted octanol–water partition coefficient (Wildman–Crippen LogP) is 3.17. The second-order valence-electron chi connectivity index (χ2n) is 8.04. The number of nitrogens with one attached hydrogen (secondary N) is 1. The maximum absolute atomic E-state index is 13.2. The van der Waals surface area contributed by atoms with E-state index in [2.05, 4.69) is 10.4 Å². The number of carbonyl (C=O) groups is 1. The Kier molecular flexibility index (Phi) is 7.34. The molecule has 0 unspecified atom stereocenters. The van der Waals surface area contributed by atoms with E-state index in [0.29, 0.717) is 30.2 Å². The van der Waals surface area contributed by atoms with Gasteiger partial charge in [-0.1, -0.05) is 24.3 Å². The van der Waals surface area contributed by atoms with E-state index in [-0.39, 0.29) is 29.6 Å². The smallest absolute Gasteiger partial charge is 0.248 e. The Morgan fingerprint density at radius 2 is 1.83 bits per heavy atom. The van der Waals surface area contributed by atoms with Crippen LogP contribution in [-0.2, 0) is 19.6 Å². The van der Waals surface area contributed by atoms with Crippen LogP contribution in [-0.4, -0.2) is 61.8 Å². The molecule has 0 bridgehead atoms. The van der Waals surface area contributed by atoms with Gasteiger partial charge in [-0.3, -0.25) is 4.79 Å². The highest BCUT2D eigenvalue weighted by atomic mass is 32.2. The molecular weight excluding hydrogens is 468 g/mol. The second kappa shape index (κ2) is 10.4. The van der Waals surface area contributed by atoms with Gasteiger partial charge >= 0.3 is 0 Å². The second-order valence-corrected chi connectivity index (χ2v) is 9.95. The number of aryl methyl sites for hydroxylation is 1. The third-order valence-corrected chi connectivity index (χ3v) is 7.66. The number of amides is 1. The fourth-order valence-electron chi connectivity index (χ4n) is 3.91. The lowest BCUT2D eigenvalue weighted by Crippen LogP contribution is -2.40. The third kappa shape index (κ3) is 5.29. The summed E-state index contributed by atoms with van der Waals surface area (Å²) in [6.45, 7) is 4.98. The van der Waals surface area contributed by atoms with Crippen molar-refractivity contribution in [2.24, 2.45) is 0 Å². The molecule has 0 saturated carbocycles. The summed E-state index contributed by atoms with van der Waals surface area (Å²) in [5, 5.41) is 7.42. The fourth-order valence-corrected chi connectivity index (χ4v) is 5.50. The van der Waals surface area contributed by atoms with Crippen LogP contribution in [0, 0.1) is 13.8 Å². The lowest BCUT2D eigenvalue weighted by molar-refractivity contribution is -0.111. The summed E-state index contributed by atoms with van der Waals surface area (Å²) in [6, 6.07) is 14.5. The number of anilines is 1.